The molecular weight excluding hydrogens is 382 g/mol. The Labute approximate surface area is 176 Å². The van der Waals surface area contributed by atoms with Gasteiger partial charge in [-0.3, -0.25) is 9.59 Å². The maximum atomic E-state index is 12.7. The molecule has 2 aromatic carbocycles. The van der Waals surface area contributed by atoms with Crippen LogP contribution in [0.25, 0.3) is 0 Å². The SMILES string of the molecule is COc1cccc(N2CCN(C(=O)CCC(=O)N3CCOc4ccccc43)CC2)c1. The van der Waals surface area contributed by atoms with Crippen molar-refractivity contribution < 1.29 is 19.1 Å². The van der Waals surface area contributed by atoms with Crippen molar-refractivity contribution in [3.05, 3.63) is 48.5 Å². The number of piperazine rings is 1. The number of ether oxygens (including phenoxy) is 2. The zero-order valence-electron chi connectivity index (χ0n) is 17.3. The summed E-state index contributed by atoms with van der Waals surface area (Å²) in [5.41, 5.74) is 1.88. The summed E-state index contributed by atoms with van der Waals surface area (Å²) in [5, 5.41) is 0. The van der Waals surface area contributed by atoms with Gasteiger partial charge in [0.05, 0.1) is 19.3 Å². The number of hydrogen-bond donors (Lipinski definition) is 0. The summed E-state index contributed by atoms with van der Waals surface area (Å²) in [7, 11) is 1.66. The topological polar surface area (TPSA) is 62.3 Å². The van der Waals surface area contributed by atoms with E-state index in [0.29, 0.717) is 26.2 Å². The molecule has 0 aliphatic carbocycles. The summed E-state index contributed by atoms with van der Waals surface area (Å²) in [6, 6.07) is 15.5. The van der Waals surface area contributed by atoms with Gasteiger partial charge in [-0.25, -0.2) is 0 Å². The fourth-order valence-electron chi connectivity index (χ4n) is 3.96. The minimum absolute atomic E-state index is 0.0332. The van der Waals surface area contributed by atoms with Crippen molar-refractivity contribution in [1.29, 1.82) is 0 Å². The largest absolute Gasteiger partial charge is 0.497 e. The molecule has 4 rings (SSSR count). The highest BCUT2D eigenvalue weighted by atomic mass is 16.5. The van der Waals surface area contributed by atoms with Crippen LogP contribution in [0, 0.1) is 0 Å². The Morgan fingerprint density at radius 3 is 2.50 bits per heavy atom. The molecule has 1 saturated heterocycles. The van der Waals surface area contributed by atoms with Gasteiger partial charge in [-0.05, 0) is 24.3 Å². The van der Waals surface area contributed by atoms with Crippen molar-refractivity contribution in [2.75, 3.05) is 56.2 Å². The number of nitrogens with zero attached hydrogens (tertiary/aromatic N) is 3. The number of hydrogen-bond acceptors (Lipinski definition) is 5. The molecule has 2 aliphatic heterocycles. The second-order valence-electron chi connectivity index (χ2n) is 7.43. The molecule has 1 fully saturated rings. The van der Waals surface area contributed by atoms with Gasteiger partial charge in [0.25, 0.3) is 0 Å². The molecule has 2 amide bonds. The molecule has 2 aromatic rings. The van der Waals surface area contributed by atoms with Gasteiger partial charge in [0.15, 0.2) is 0 Å². The van der Waals surface area contributed by atoms with E-state index in [-0.39, 0.29) is 24.7 Å². The van der Waals surface area contributed by atoms with Crippen LogP contribution in [0.3, 0.4) is 0 Å². The van der Waals surface area contributed by atoms with Crippen LogP contribution >= 0.6 is 0 Å². The molecule has 0 atom stereocenters. The van der Waals surface area contributed by atoms with E-state index in [1.54, 1.807) is 12.0 Å². The molecule has 7 nitrogen and oxygen atoms in total. The van der Waals surface area contributed by atoms with Crippen LogP contribution in [-0.4, -0.2) is 63.2 Å². The van der Waals surface area contributed by atoms with E-state index in [1.165, 1.54) is 0 Å². The maximum Gasteiger partial charge on any atom is 0.227 e. The first-order valence-corrected chi connectivity index (χ1v) is 10.3. The van der Waals surface area contributed by atoms with Gasteiger partial charge in [-0.1, -0.05) is 18.2 Å². The van der Waals surface area contributed by atoms with E-state index in [2.05, 4.69) is 11.0 Å². The normalized spacial score (nSPS) is 16.0. The summed E-state index contributed by atoms with van der Waals surface area (Å²) in [5.74, 6) is 1.55. The second kappa shape index (κ2) is 9.07. The molecule has 0 saturated carbocycles. The number of anilines is 2. The monoisotopic (exact) mass is 409 g/mol. The van der Waals surface area contributed by atoms with Crippen LogP contribution in [-0.2, 0) is 9.59 Å². The molecule has 0 bridgehead atoms. The Bertz CT molecular complexity index is 909. The van der Waals surface area contributed by atoms with Gasteiger partial charge in [0.2, 0.25) is 11.8 Å². The molecule has 0 spiro atoms. The predicted molar refractivity (Wildman–Crippen MR) is 115 cm³/mol. The Morgan fingerprint density at radius 1 is 0.933 bits per heavy atom. The van der Waals surface area contributed by atoms with Crippen LogP contribution in [0.15, 0.2) is 48.5 Å². The third-order valence-electron chi connectivity index (χ3n) is 5.63. The van der Waals surface area contributed by atoms with E-state index >= 15 is 0 Å². The number of rotatable bonds is 5. The molecule has 2 aliphatic rings. The summed E-state index contributed by atoms with van der Waals surface area (Å²) in [4.78, 5) is 31.2. The zero-order valence-corrected chi connectivity index (χ0v) is 17.3. The van der Waals surface area contributed by atoms with Crippen molar-refractivity contribution >= 4 is 23.2 Å². The molecule has 2 heterocycles. The van der Waals surface area contributed by atoms with Crippen LogP contribution < -0.4 is 19.3 Å². The fourth-order valence-corrected chi connectivity index (χ4v) is 3.96. The highest BCUT2D eigenvalue weighted by Crippen LogP contribution is 2.31. The molecule has 0 radical (unpaired) electrons. The van der Waals surface area contributed by atoms with E-state index in [4.69, 9.17) is 9.47 Å². The first-order chi connectivity index (χ1) is 14.7. The highest BCUT2D eigenvalue weighted by Gasteiger charge is 2.26. The van der Waals surface area contributed by atoms with Crippen molar-refractivity contribution in [3.8, 4) is 11.5 Å². The number of carbonyl (C=O) groups is 2. The predicted octanol–water partition coefficient (Wildman–Crippen LogP) is 2.55. The average molecular weight is 409 g/mol. The van der Waals surface area contributed by atoms with Gasteiger partial charge in [0.1, 0.15) is 18.1 Å². The summed E-state index contributed by atoms with van der Waals surface area (Å²) in [6.45, 7) is 3.84. The standard InChI is InChI=1S/C23H27N3O4/c1-29-19-6-4-5-18(17-19)24-11-13-25(14-12-24)22(27)9-10-23(28)26-15-16-30-21-8-3-2-7-20(21)26/h2-8,17H,9-16H2,1H3. The molecular formula is C23H27N3O4. The molecule has 30 heavy (non-hydrogen) atoms. The molecule has 0 N–H and O–H groups in total. The van der Waals surface area contributed by atoms with E-state index in [1.807, 2.05) is 47.4 Å². The zero-order chi connectivity index (χ0) is 20.9. The highest BCUT2D eigenvalue weighted by molar-refractivity contribution is 5.97. The number of para-hydroxylation sites is 2. The lowest BCUT2D eigenvalue weighted by atomic mass is 10.1. The Kier molecular flexibility index (Phi) is 6.07. The number of methoxy groups -OCH3 is 1. The number of amides is 2. The van der Waals surface area contributed by atoms with Crippen molar-refractivity contribution in [2.24, 2.45) is 0 Å². The van der Waals surface area contributed by atoms with Crippen molar-refractivity contribution in [3.63, 3.8) is 0 Å². The molecule has 158 valence electrons. The van der Waals surface area contributed by atoms with E-state index in [0.717, 1.165) is 36.0 Å². The van der Waals surface area contributed by atoms with E-state index in [9.17, 15) is 9.59 Å². The van der Waals surface area contributed by atoms with Crippen LogP contribution in [0.4, 0.5) is 11.4 Å². The minimum Gasteiger partial charge on any atom is -0.497 e. The van der Waals surface area contributed by atoms with Crippen molar-refractivity contribution in [1.82, 2.24) is 4.90 Å². The van der Waals surface area contributed by atoms with Gasteiger partial charge < -0.3 is 24.2 Å². The quantitative estimate of drug-likeness (QED) is 0.760. The lowest BCUT2D eigenvalue weighted by Crippen LogP contribution is -2.49. The Morgan fingerprint density at radius 2 is 1.70 bits per heavy atom. The number of benzene rings is 2. The summed E-state index contributed by atoms with van der Waals surface area (Å²) < 4.78 is 10.9. The third-order valence-corrected chi connectivity index (χ3v) is 5.63. The average Bonchev–Trinajstić information content (AvgIpc) is 2.82. The maximum absolute atomic E-state index is 12.7. The van der Waals surface area contributed by atoms with Gasteiger partial charge in [-0.15, -0.1) is 0 Å². The van der Waals surface area contributed by atoms with Gasteiger partial charge in [-0.2, -0.15) is 0 Å². The van der Waals surface area contributed by atoms with Crippen LogP contribution in [0.5, 0.6) is 11.5 Å². The lowest BCUT2D eigenvalue weighted by molar-refractivity contribution is -0.133. The number of fused-ring (bicyclic) bond motifs is 1. The molecule has 0 aromatic heterocycles. The van der Waals surface area contributed by atoms with Crippen LogP contribution in [0.1, 0.15) is 12.8 Å². The Hall–Kier alpha value is -3.22. The Balaban J connectivity index is 1.28. The van der Waals surface area contributed by atoms with Gasteiger partial charge >= 0.3 is 0 Å². The minimum atomic E-state index is -0.0332. The molecule has 0 unspecified atom stereocenters. The smallest absolute Gasteiger partial charge is 0.227 e. The van der Waals surface area contributed by atoms with Gasteiger partial charge in [0, 0.05) is 50.8 Å². The van der Waals surface area contributed by atoms with E-state index < -0.39 is 0 Å². The third kappa shape index (κ3) is 4.35. The fraction of sp³-hybridized carbons (Fsp3) is 0.391. The van der Waals surface area contributed by atoms with Crippen LogP contribution in [0.2, 0.25) is 0 Å². The first kappa shape index (κ1) is 20.1. The first-order valence-electron chi connectivity index (χ1n) is 10.3. The lowest BCUT2D eigenvalue weighted by Gasteiger charge is -2.36. The number of carbonyl (C=O) groups excluding carboxylic acids is 2. The second-order valence-corrected chi connectivity index (χ2v) is 7.43. The van der Waals surface area contributed by atoms with Crippen molar-refractivity contribution in [2.45, 2.75) is 12.8 Å². The summed E-state index contributed by atoms with van der Waals surface area (Å²) >= 11 is 0. The summed E-state index contributed by atoms with van der Waals surface area (Å²) in [6.07, 6.45) is 0.445. The molecule has 7 heteroatoms.